The predicted octanol–water partition coefficient (Wildman–Crippen LogP) is 1.87. The lowest BCUT2D eigenvalue weighted by molar-refractivity contribution is 0.0928. The number of carbonyl (C=O) groups excluding carboxylic acids is 1. The summed E-state index contributed by atoms with van der Waals surface area (Å²) in [5, 5.41) is 11.1. The van der Waals surface area contributed by atoms with E-state index in [4.69, 9.17) is 15.2 Å². The molecule has 2 aromatic rings. The number of carbonyl (C=O) groups is 1. The molecule has 1 aromatic heterocycles. The molecular formula is C18H26ClN5O3. The van der Waals surface area contributed by atoms with Crippen molar-refractivity contribution in [1.29, 1.82) is 0 Å². The number of nitrogens with zero attached hydrogens (tertiary/aromatic N) is 3. The molecule has 9 heteroatoms. The van der Waals surface area contributed by atoms with Crippen molar-refractivity contribution in [2.75, 3.05) is 19.8 Å². The summed E-state index contributed by atoms with van der Waals surface area (Å²) in [6.45, 7) is 7.44. The van der Waals surface area contributed by atoms with Gasteiger partial charge in [-0.2, -0.15) is 0 Å². The van der Waals surface area contributed by atoms with Gasteiger partial charge in [0.25, 0.3) is 5.91 Å². The van der Waals surface area contributed by atoms with Gasteiger partial charge in [-0.1, -0.05) is 19.1 Å². The Hall–Kier alpha value is -2.32. The third-order valence-corrected chi connectivity index (χ3v) is 4.26. The second kappa shape index (κ2) is 9.05. The van der Waals surface area contributed by atoms with Crippen LogP contribution in [0.2, 0.25) is 0 Å². The molecule has 0 saturated heterocycles. The number of fused-ring (bicyclic) bond motifs is 1. The van der Waals surface area contributed by atoms with Crippen LogP contribution in [0.1, 0.15) is 36.5 Å². The van der Waals surface area contributed by atoms with Gasteiger partial charge < -0.3 is 20.5 Å². The largest absolute Gasteiger partial charge is 0.486 e. The number of hydrogen-bond donors (Lipinski definition) is 2. The first-order valence-corrected chi connectivity index (χ1v) is 8.82. The monoisotopic (exact) mass is 395 g/mol. The van der Waals surface area contributed by atoms with Crippen LogP contribution in [0.4, 0.5) is 0 Å². The van der Waals surface area contributed by atoms with E-state index in [0.29, 0.717) is 48.6 Å². The van der Waals surface area contributed by atoms with Gasteiger partial charge in [-0.25, -0.2) is 4.68 Å². The minimum absolute atomic E-state index is 0. The number of amides is 1. The van der Waals surface area contributed by atoms with Gasteiger partial charge in [-0.3, -0.25) is 4.79 Å². The number of aromatic nitrogens is 3. The average Bonchev–Trinajstić information content (AvgIpc) is 3.01. The normalized spacial score (nSPS) is 13.8. The van der Waals surface area contributed by atoms with Crippen LogP contribution in [0.3, 0.4) is 0 Å². The van der Waals surface area contributed by atoms with Crippen LogP contribution in [0, 0.1) is 12.8 Å². The molecule has 3 N–H and O–H groups in total. The molecule has 1 aromatic carbocycles. The molecule has 2 heterocycles. The quantitative estimate of drug-likeness (QED) is 0.773. The van der Waals surface area contributed by atoms with Crippen molar-refractivity contribution in [2.24, 2.45) is 11.7 Å². The second-order valence-corrected chi connectivity index (χ2v) is 6.80. The molecule has 0 radical (unpaired) electrons. The zero-order chi connectivity index (χ0) is 18.7. The minimum Gasteiger partial charge on any atom is -0.486 e. The highest BCUT2D eigenvalue weighted by molar-refractivity contribution is 5.93. The summed E-state index contributed by atoms with van der Waals surface area (Å²) in [5.74, 6) is 1.55. The van der Waals surface area contributed by atoms with Crippen LogP contribution in [-0.2, 0) is 0 Å². The fourth-order valence-corrected chi connectivity index (χ4v) is 2.98. The zero-order valence-electron chi connectivity index (χ0n) is 15.8. The molecular weight excluding hydrogens is 370 g/mol. The Morgan fingerprint density at radius 1 is 1.30 bits per heavy atom. The maximum atomic E-state index is 12.6. The Balaban J connectivity index is 0.00000261. The van der Waals surface area contributed by atoms with Crippen LogP contribution in [0.15, 0.2) is 18.2 Å². The molecule has 3 rings (SSSR count). The summed E-state index contributed by atoms with van der Waals surface area (Å²) in [4.78, 5) is 12.6. The molecule has 0 aliphatic carbocycles. The van der Waals surface area contributed by atoms with Gasteiger partial charge in [-0.05, 0) is 31.4 Å². The van der Waals surface area contributed by atoms with Gasteiger partial charge in [0.2, 0.25) is 0 Å². The SMILES string of the molecule is Cc1c(C(=O)NC(CN)CC(C)C)nnn1-c1ccc2c(c1)OCCO2.Cl. The van der Waals surface area contributed by atoms with E-state index in [0.717, 1.165) is 12.1 Å². The first-order valence-electron chi connectivity index (χ1n) is 8.82. The summed E-state index contributed by atoms with van der Waals surface area (Å²) >= 11 is 0. The van der Waals surface area contributed by atoms with E-state index in [-0.39, 0.29) is 24.4 Å². The van der Waals surface area contributed by atoms with Gasteiger partial charge in [0, 0.05) is 18.7 Å². The maximum Gasteiger partial charge on any atom is 0.274 e. The van der Waals surface area contributed by atoms with Crippen LogP contribution in [-0.4, -0.2) is 46.7 Å². The Labute approximate surface area is 164 Å². The highest BCUT2D eigenvalue weighted by Crippen LogP contribution is 2.32. The minimum atomic E-state index is -0.262. The van der Waals surface area contributed by atoms with Gasteiger partial charge in [0.05, 0.1) is 11.4 Å². The molecule has 1 amide bonds. The van der Waals surface area contributed by atoms with E-state index in [1.165, 1.54) is 0 Å². The summed E-state index contributed by atoms with van der Waals surface area (Å²) in [5.41, 5.74) is 7.47. The highest BCUT2D eigenvalue weighted by atomic mass is 35.5. The third-order valence-electron chi connectivity index (χ3n) is 4.26. The Morgan fingerprint density at radius 2 is 2.00 bits per heavy atom. The van der Waals surface area contributed by atoms with Gasteiger partial charge in [0.1, 0.15) is 13.2 Å². The molecule has 0 saturated carbocycles. The van der Waals surface area contributed by atoms with E-state index >= 15 is 0 Å². The number of benzene rings is 1. The van der Waals surface area contributed by atoms with Crippen LogP contribution < -0.4 is 20.5 Å². The third kappa shape index (κ3) is 4.70. The lowest BCUT2D eigenvalue weighted by Crippen LogP contribution is -2.41. The van der Waals surface area contributed by atoms with Crippen molar-refractivity contribution in [3.63, 3.8) is 0 Å². The number of ether oxygens (including phenoxy) is 2. The van der Waals surface area contributed by atoms with E-state index in [1.54, 1.807) is 4.68 Å². The lowest BCUT2D eigenvalue weighted by atomic mass is 10.0. The van der Waals surface area contributed by atoms with Crippen molar-refractivity contribution in [2.45, 2.75) is 33.2 Å². The summed E-state index contributed by atoms with van der Waals surface area (Å²) in [6, 6.07) is 5.44. The summed E-state index contributed by atoms with van der Waals surface area (Å²) < 4.78 is 12.8. The summed E-state index contributed by atoms with van der Waals surface area (Å²) in [7, 11) is 0. The average molecular weight is 396 g/mol. The lowest BCUT2D eigenvalue weighted by Gasteiger charge is -2.19. The maximum absolute atomic E-state index is 12.6. The van der Waals surface area contributed by atoms with E-state index in [9.17, 15) is 4.79 Å². The molecule has 8 nitrogen and oxygen atoms in total. The summed E-state index contributed by atoms with van der Waals surface area (Å²) in [6.07, 6.45) is 0.817. The highest BCUT2D eigenvalue weighted by Gasteiger charge is 2.21. The van der Waals surface area contributed by atoms with Crippen LogP contribution >= 0.6 is 12.4 Å². The van der Waals surface area contributed by atoms with Gasteiger partial charge >= 0.3 is 0 Å². The first-order chi connectivity index (χ1) is 12.5. The number of halogens is 1. The smallest absolute Gasteiger partial charge is 0.274 e. The first kappa shape index (κ1) is 21.0. The second-order valence-electron chi connectivity index (χ2n) is 6.80. The number of hydrogen-bond acceptors (Lipinski definition) is 6. The van der Waals surface area contributed by atoms with E-state index in [1.807, 2.05) is 25.1 Å². The Kier molecular flexibility index (Phi) is 7.04. The van der Waals surface area contributed by atoms with Crippen molar-refractivity contribution >= 4 is 18.3 Å². The molecule has 0 spiro atoms. The Morgan fingerprint density at radius 3 is 2.67 bits per heavy atom. The van der Waals surface area contributed by atoms with Crippen molar-refractivity contribution in [3.05, 3.63) is 29.6 Å². The Bertz CT molecular complexity index is 793. The van der Waals surface area contributed by atoms with Gasteiger partial charge in [-0.15, -0.1) is 17.5 Å². The number of nitrogens with one attached hydrogen (secondary N) is 1. The molecule has 1 unspecified atom stereocenters. The van der Waals surface area contributed by atoms with Crippen molar-refractivity contribution in [1.82, 2.24) is 20.3 Å². The fraction of sp³-hybridized carbons (Fsp3) is 0.500. The van der Waals surface area contributed by atoms with E-state index < -0.39 is 0 Å². The van der Waals surface area contributed by atoms with Crippen LogP contribution in [0.5, 0.6) is 11.5 Å². The van der Waals surface area contributed by atoms with Gasteiger partial charge in [0.15, 0.2) is 17.2 Å². The molecule has 27 heavy (non-hydrogen) atoms. The molecule has 1 aliphatic rings. The zero-order valence-corrected chi connectivity index (χ0v) is 16.6. The standard InChI is InChI=1S/C18H25N5O3.ClH/c1-11(2)8-13(10-19)20-18(24)17-12(3)23(22-21-17)14-4-5-15-16(9-14)26-7-6-25-15;/h4-5,9,11,13H,6-8,10,19H2,1-3H3,(H,20,24);1H. The van der Waals surface area contributed by atoms with Crippen molar-refractivity contribution < 1.29 is 14.3 Å². The molecule has 1 aliphatic heterocycles. The molecule has 0 fully saturated rings. The number of nitrogens with two attached hydrogens (primary N) is 1. The number of rotatable bonds is 6. The molecule has 148 valence electrons. The van der Waals surface area contributed by atoms with E-state index in [2.05, 4.69) is 29.5 Å². The fourth-order valence-electron chi connectivity index (χ4n) is 2.98. The van der Waals surface area contributed by atoms with Crippen LogP contribution in [0.25, 0.3) is 5.69 Å². The molecule has 0 bridgehead atoms. The topological polar surface area (TPSA) is 104 Å². The molecule has 1 atom stereocenters. The predicted molar refractivity (Wildman–Crippen MR) is 104 cm³/mol. The van der Waals surface area contributed by atoms with Crippen molar-refractivity contribution in [3.8, 4) is 17.2 Å².